The van der Waals surface area contributed by atoms with Crippen LogP contribution >= 0.6 is 0 Å². The van der Waals surface area contributed by atoms with Gasteiger partial charge in [0.05, 0.1) is 12.3 Å². The van der Waals surface area contributed by atoms with Crippen LogP contribution in [-0.4, -0.2) is 21.0 Å². The van der Waals surface area contributed by atoms with Crippen LogP contribution < -0.4 is 10.1 Å². The third kappa shape index (κ3) is 4.76. The number of aliphatic hydroxyl groups is 1. The molecule has 32 heavy (non-hydrogen) atoms. The van der Waals surface area contributed by atoms with E-state index in [1.54, 1.807) is 18.2 Å². The molecule has 0 fully saturated rings. The van der Waals surface area contributed by atoms with E-state index in [1.165, 1.54) is 11.9 Å². The van der Waals surface area contributed by atoms with E-state index in [1.807, 2.05) is 48.5 Å². The highest BCUT2D eigenvalue weighted by molar-refractivity contribution is 6.13. The maximum atomic E-state index is 13.0. The molecule has 0 unspecified atom stereocenters. The molecule has 0 aliphatic heterocycles. The number of nitrogens with zero attached hydrogens (tertiary/aromatic N) is 2. The fourth-order valence-corrected chi connectivity index (χ4v) is 3.42. The fraction of sp³-hybridized carbons (Fsp3) is 0.192. The van der Waals surface area contributed by atoms with Crippen LogP contribution in [0.1, 0.15) is 42.4 Å². The SMILES string of the molecule is CC(C)(C)c1ccc(NC(=O)c2cccc3cc(Oc4cc(CO)ncn4)ccc23)cc1. The van der Waals surface area contributed by atoms with Gasteiger partial charge in [0, 0.05) is 17.3 Å². The third-order valence-corrected chi connectivity index (χ3v) is 5.19. The first kappa shape index (κ1) is 21.5. The van der Waals surface area contributed by atoms with Crippen LogP contribution in [0.4, 0.5) is 5.69 Å². The molecule has 0 atom stereocenters. The lowest BCUT2D eigenvalue weighted by molar-refractivity contribution is 0.102. The van der Waals surface area contributed by atoms with E-state index in [4.69, 9.17) is 4.74 Å². The van der Waals surface area contributed by atoms with Crippen molar-refractivity contribution in [2.75, 3.05) is 5.32 Å². The molecule has 2 N–H and O–H groups in total. The van der Waals surface area contributed by atoms with Crippen molar-refractivity contribution in [3.05, 3.63) is 89.9 Å². The van der Waals surface area contributed by atoms with E-state index in [0.29, 0.717) is 22.9 Å². The van der Waals surface area contributed by atoms with Crippen molar-refractivity contribution in [1.82, 2.24) is 9.97 Å². The van der Waals surface area contributed by atoms with E-state index < -0.39 is 0 Å². The predicted octanol–water partition coefficient (Wildman–Crippen LogP) is 5.46. The Balaban J connectivity index is 1.56. The summed E-state index contributed by atoms with van der Waals surface area (Å²) < 4.78 is 5.80. The second-order valence-electron chi connectivity index (χ2n) is 8.58. The van der Waals surface area contributed by atoms with Crippen molar-refractivity contribution in [1.29, 1.82) is 0 Å². The summed E-state index contributed by atoms with van der Waals surface area (Å²) >= 11 is 0. The molecule has 0 aliphatic rings. The number of rotatable bonds is 5. The van der Waals surface area contributed by atoms with Gasteiger partial charge in [0.15, 0.2) is 0 Å². The zero-order valence-corrected chi connectivity index (χ0v) is 18.3. The number of nitrogens with one attached hydrogen (secondary N) is 1. The summed E-state index contributed by atoms with van der Waals surface area (Å²) in [4.78, 5) is 21.0. The normalized spacial score (nSPS) is 11.4. The Bertz CT molecular complexity index is 1260. The van der Waals surface area contributed by atoms with Gasteiger partial charge in [-0.2, -0.15) is 0 Å². The molecule has 0 saturated heterocycles. The lowest BCUT2D eigenvalue weighted by atomic mass is 9.87. The topological polar surface area (TPSA) is 84.3 Å². The zero-order chi connectivity index (χ0) is 22.7. The standard InChI is InChI=1S/C26H25N3O3/c1-26(2,3)18-7-9-19(10-8-18)29-25(31)23-6-4-5-17-13-21(11-12-22(17)23)32-24-14-20(15-30)27-16-28-24/h4-14,16,30H,15H2,1-3H3,(H,29,31). The third-order valence-electron chi connectivity index (χ3n) is 5.19. The highest BCUT2D eigenvalue weighted by Gasteiger charge is 2.15. The lowest BCUT2D eigenvalue weighted by Gasteiger charge is -2.19. The first-order valence-electron chi connectivity index (χ1n) is 10.4. The Morgan fingerprint density at radius 2 is 1.78 bits per heavy atom. The maximum absolute atomic E-state index is 13.0. The van der Waals surface area contributed by atoms with Gasteiger partial charge < -0.3 is 15.2 Å². The number of aliphatic hydroxyl groups excluding tert-OH is 1. The summed E-state index contributed by atoms with van der Waals surface area (Å²) in [6, 6.07) is 20.6. The van der Waals surface area contributed by atoms with E-state index in [-0.39, 0.29) is 17.9 Å². The van der Waals surface area contributed by atoms with Crippen LogP contribution in [0.2, 0.25) is 0 Å². The van der Waals surface area contributed by atoms with Gasteiger partial charge in [-0.15, -0.1) is 0 Å². The number of fused-ring (bicyclic) bond motifs is 1. The van der Waals surface area contributed by atoms with Gasteiger partial charge in [-0.05, 0) is 58.1 Å². The highest BCUT2D eigenvalue weighted by Crippen LogP contribution is 2.28. The summed E-state index contributed by atoms with van der Waals surface area (Å²) in [5.74, 6) is 0.752. The average molecular weight is 428 g/mol. The molecule has 4 aromatic rings. The molecular formula is C26H25N3O3. The minimum atomic E-state index is -0.187. The van der Waals surface area contributed by atoms with Crippen molar-refractivity contribution in [2.24, 2.45) is 0 Å². The molecule has 0 bridgehead atoms. The van der Waals surface area contributed by atoms with Crippen LogP contribution in [0.15, 0.2) is 73.1 Å². The summed E-state index contributed by atoms with van der Waals surface area (Å²) in [7, 11) is 0. The Labute approximate surface area is 186 Å². The summed E-state index contributed by atoms with van der Waals surface area (Å²) in [6.45, 7) is 6.29. The van der Waals surface area contributed by atoms with Crippen LogP contribution in [0.3, 0.4) is 0 Å². The number of amides is 1. The van der Waals surface area contributed by atoms with Crippen molar-refractivity contribution < 1.29 is 14.6 Å². The molecule has 1 aromatic heterocycles. The maximum Gasteiger partial charge on any atom is 0.256 e. The van der Waals surface area contributed by atoms with Crippen molar-refractivity contribution in [3.8, 4) is 11.6 Å². The lowest BCUT2D eigenvalue weighted by Crippen LogP contribution is -2.14. The molecule has 4 rings (SSSR count). The van der Waals surface area contributed by atoms with E-state index >= 15 is 0 Å². The number of carbonyl (C=O) groups is 1. The molecule has 6 heteroatoms. The molecule has 1 heterocycles. The predicted molar refractivity (Wildman–Crippen MR) is 125 cm³/mol. The number of anilines is 1. The Kier molecular flexibility index (Phi) is 5.88. The van der Waals surface area contributed by atoms with Crippen molar-refractivity contribution in [2.45, 2.75) is 32.8 Å². The van der Waals surface area contributed by atoms with E-state index in [2.05, 4.69) is 36.1 Å². The molecule has 0 aliphatic carbocycles. The Hall–Kier alpha value is -3.77. The van der Waals surface area contributed by atoms with Gasteiger partial charge in [0.2, 0.25) is 5.88 Å². The van der Waals surface area contributed by atoms with E-state index in [0.717, 1.165) is 16.5 Å². The number of ether oxygens (including phenoxy) is 1. The van der Waals surface area contributed by atoms with Crippen LogP contribution in [-0.2, 0) is 12.0 Å². The van der Waals surface area contributed by atoms with Gasteiger partial charge in [0.1, 0.15) is 12.1 Å². The van der Waals surface area contributed by atoms with Crippen LogP contribution in [0, 0.1) is 0 Å². The summed E-state index contributed by atoms with van der Waals surface area (Å²) in [6.07, 6.45) is 1.35. The molecule has 0 saturated carbocycles. The highest BCUT2D eigenvalue weighted by atomic mass is 16.5. The van der Waals surface area contributed by atoms with Gasteiger partial charge in [-0.25, -0.2) is 9.97 Å². The molecule has 1 amide bonds. The smallest absolute Gasteiger partial charge is 0.256 e. The van der Waals surface area contributed by atoms with Crippen molar-refractivity contribution >= 4 is 22.4 Å². The summed E-state index contributed by atoms with van der Waals surface area (Å²) in [5, 5.41) is 13.9. The minimum Gasteiger partial charge on any atom is -0.439 e. The van der Waals surface area contributed by atoms with Gasteiger partial charge >= 0.3 is 0 Å². The second-order valence-corrected chi connectivity index (χ2v) is 8.58. The molecular weight excluding hydrogens is 402 g/mol. The van der Waals surface area contributed by atoms with Crippen LogP contribution in [0.5, 0.6) is 11.6 Å². The summed E-state index contributed by atoms with van der Waals surface area (Å²) in [5.41, 5.74) is 3.08. The zero-order valence-electron chi connectivity index (χ0n) is 18.3. The quantitative estimate of drug-likeness (QED) is 0.442. The monoisotopic (exact) mass is 427 g/mol. The largest absolute Gasteiger partial charge is 0.439 e. The van der Waals surface area contributed by atoms with Gasteiger partial charge in [0.25, 0.3) is 5.91 Å². The number of aromatic nitrogens is 2. The van der Waals surface area contributed by atoms with Gasteiger partial charge in [-0.3, -0.25) is 4.79 Å². The number of hydrogen-bond acceptors (Lipinski definition) is 5. The first-order valence-corrected chi connectivity index (χ1v) is 10.4. The van der Waals surface area contributed by atoms with E-state index in [9.17, 15) is 9.90 Å². The molecule has 162 valence electrons. The average Bonchev–Trinajstić information content (AvgIpc) is 2.78. The number of carbonyl (C=O) groups excluding carboxylic acids is 1. The first-order chi connectivity index (χ1) is 15.3. The Morgan fingerprint density at radius 1 is 1.00 bits per heavy atom. The fourth-order valence-electron chi connectivity index (χ4n) is 3.42. The molecule has 3 aromatic carbocycles. The number of benzene rings is 3. The molecule has 6 nitrogen and oxygen atoms in total. The Morgan fingerprint density at radius 3 is 2.50 bits per heavy atom. The molecule has 0 spiro atoms. The van der Waals surface area contributed by atoms with Crippen molar-refractivity contribution in [3.63, 3.8) is 0 Å². The van der Waals surface area contributed by atoms with Gasteiger partial charge in [-0.1, -0.05) is 45.0 Å². The van der Waals surface area contributed by atoms with Crippen LogP contribution in [0.25, 0.3) is 10.8 Å². The molecule has 0 radical (unpaired) electrons. The second kappa shape index (κ2) is 8.77. The number of hydrogen-bond donors (Lipinski definition) is 2. The minimum absolute atomic E-state index is 0.0589.